The lowest BCUT2D eigenvalue weighted by atomic mass is 10.1. The van der Waals surface area contributed by atoms with Crippen LogP contribution >= 0.6 is 0 Å². The van der Waals surface area contributed by atoms with Gasteiger partial charge < -0.3 is 20.1 Å². The van der Waals surface area contributed by atoms with Gasteiger partial charge in [-0.2, -0.15) is 13.2 Å². The summed E-state index contributed by atoms with van der Waals surface area (Å²) in [6.07, 6.45) is -4.37. The van der Waals surface area contributed by atoms with Gasteiger partial charge in [0.25, 0.3) is 0 Å². The van der Waals surface area contributed by atoms with E-state index in [9.17, 15) is 18.0 Å². The van der Waals surface area contributed by atoms with Crippen LogP contribution in [0.2, 0.25) is 0 Å². The van der Waals surface area contributed by atoms with Gasteiger partial charge in [0.1, 0.15) is 0 Å². The summed E-state index contributed by atoms with van der Waals surface area (Å²) in [4.78, 5) is 12.0. The van der Waals surface area contributed by atoms with E-state index in [4.69, 9.17) is 9.47 Å². The number of benzene rings is 2. The summed E-state index contributed by atoms with van der Waals surface area (Å²) in [6.45, 7) is 2.11. The fraction of sp³-hybridized carbons (Fsp3) is 0.278. The molecule has 5 nitrogen and oxygen atoms in total. The molecule has 8 heteroatoms. The Hall–Kier alpha value is -2.90. The van der Waals surface area contributed by atoms with E-state index in [-0.39, 0.29) is 19.4 Å². The summed E-state index contributed by atoms with van der Waals surface area (Å²) >= 11 is 0. The number of alkyl halides is 3. The first-order chi connectivity index (χ1) is 12.3. The third-order valence-corrected chi connectivity index (χ3v) is 3.98. The minimum atomic E-state index is -4.37. The van der Waals surface area contributed by atoms with Crippen LogP contribution in [0.5, 0.6) is 11.5 Å². The number of urea groups is 1. The molecule has 2 aromatic carbocycles. The molecule has 0 aromatic heterocycles. The number of carbonyl (C=O) groups excluding carboxylic acids is 1. The number of hydrogen-bond acceptors (Lipinski definition) is 3. The zero-order valence-electron chi connectivity index (χ0n) is 13.9. The van der Waals surface area contributed by atoms with Crippen molar-refractivity contribution in [3.8, 4) is 11.5 Å². The van der Waals surface area contributed by atoms with Crippen LogP contribution in [0.1, 0.15) is 29.7 Å². The molecule has 2 N–H and O–H groups in total. The monoisotopic (exact) mass is 366 g/mol. The second-order valence-electron chi connectivity index (χ2n) is 5.86. The van der Waals surface area contributed by atoms with Gasteiger partial charge in [-0.1, -0.05) is 18.2 Å². The molecule has 26 heavy (non-hydrogen) atoms. The molecule has 0 saturated heterocycles. The molecule has 1 aliphatic rings. The predicted octanol–water partition coefficient (Wildman–Crippen LogP) is 3.99. The third-order valence-electron chi connectivity index (χ3n) is 3.98. The molecule has 138 valence electrons. The number of fused-ring (bicyclic) bond motifs is 1. The Morgan fingerprint density at radius 1 is 1.12 bits per heavy atom. The zero-order chi connectivity index (χ0) is 18.7. The van der Waals surface area contributed by atoms with E-state index in [2.05, 4.69) is 10.6 Å². The van der Waals surface area contributed by atoms with Crippen LogP contribution < -0.4 is 20.1 Å². The van der Waals surface area contributed by atoms with Gasteiger partial charge in [0.2, 0.25) is 6.79 Å². The molecular formula is C18H17F3N2O3. The number of ether oxygens (including phenoxy) is 2. The number of rotatable bonds is 4. The molecular weight excluding hydrogens is 349 g/mol. The first-order valence-corrected chi connectivity index (χ1v) is 7.93. The predicted molar refractivity (Wildman–Crippen MR) is 87.8 cm³/mol. The molecule has 1 aliphatic heterocycles. The number of hydrogen-bond donors (Lipinski definition) is 2. The maximum Gasteiger partial charge on any atom is 0.416 e. The van der Waals surface area contributed by atoms with E-state index in [1.165, 1.54) is 12.1 Å². The quantitative estimate of drug-likeness (QED) is 0.860. The molecule has 0 aliphatic carbocycles. The van der Waals surface area contributed by atoms with E-state index in [0.29, 0.717) is 17.1 Å². The summed E-state index contributed by atoms with van der Waals surface area (Å²) in [5.74, 6) is 1.29. The van der Waals surface area contributed by atoms with E-state index in [0.717, 1.165) is 17.7 Å². The summed E-state index contributed by atoms with van der Waals surface area (Å²) in [5.41, 5.74) is 0.699. The first-order valence-electron chi connectivity index (χ1n) is 7.93. The van der Waals surface area contributed by atoms with Crippen molar-refractivity contribution in [2.75, 3.05) is 6.79 Å². The van der Waals surface area contributed by atoms with E-state index in [1.54, 1.807) is 12.1 Å². The van der Waals surface area contributed by atoms with Crippen molar-refractivity contribution in [1.29, 1.82) is 0 Å². The van der Waals surface area contributed by atoms with Gasteiger partial charge in [-0.3, -0.25) is 0 Å². The summed E-state index contributed by atoms with van der Waals surface area (Å²) in [7, 11) is 0. The van der Waals surface area contributed by atoms with Crippen LogP contribution in [0.25, 0.3) is 0 Å². The molecule has 0 radical (unpaired) electrons. The maximum absolute atomic E-state index is 12.5. The van der Waals surface area contributed by atoms with Crippen molar-refractivity contribution in [3.63, 3.8) is 0 Å². The van der Waals surface area contributed by atoms with E-state index in [1.807, 2.05) is 13.0 Å². The molecule has 1 atom stereocenters. The van der Waals surface area contributed by atoms with Gasteiger partial charge in [-0.05, 0) is 42.3 Å². The molecule has 0 fully saturated rings. The lowest BCUT2D eigenvalue weighted by Gasteiger charge is -2.15. The average molecular weight is 366 g/mol. The second-order valence-corrected chi connectivity index (χ2v) is 5.86. The Kier molecular flexibility index (Phi) is 4.92. The van der Waals surface area contributed by atoms with Crippen LogP contribution in [-0.2, 0) is 12.7 Å². The Morgan fingerprint density at radius 3 is 2.50 bits per heavy atom. The molecule has 0 saturated carbocycles. The lowest BCUT2D eigenvalue weighted by Crippen LogP contribution is -2.36. The molecule has 3 rings (SSSR count). The number of carbonyl (C=O) groups is 1. The highest BCUT2D eigenvalue weighted by Crippen LogP contribution is 2.34. The molecule has 2 aromatic rings. The minimum Gasteiger partial charge on any atom is -0.454 e. The van der Waals surface area contributed by atoms with Crippen molar-refractivity contribution in [1.82, 2.24) is 10.6 Å². The average Bonchev–Trinajstić information content (AvgIpc) is 3.07. The Morgan fingerprint density at radius 2 is 1.81 bits per heavy atom. The number of amides is 2. The first kappa shape index (κ1) is 17.9. The van der Waals surface area contributed by atoms with Crippen LogP contribution in [-0.4, -0.2) is 12.8 Å². The van der Waals surface area contributed by atoms with Crippen molar-refractivity contribution in [3.05, 3.63) is 59.2 Å². The van der Waals surface area contributed by atoms with E-state index < -0.39 is 17.8 Å². The van der Waals surface area contributed by atoms with Gasteiger partial charge in [-0.15, -0.1) is 0 Å². The van der Waals surface area contributed by atoms with Gasteiger partial charge in [-0.25, -0.2) is 4.79 Å². The number of nitrogens with one attached hydrogen (secondary N) is 2. The second kappa shape index (κ2) is 7.15. The number of halogens is 3. The van der Waals surface area contributed by atoms with Crippen molar-refractivity contribution >= 4 is 6.03 Å². The SMILES string of the molecule is CC(NC(=O)NCc1ccc(C(F)(F)F)cc1)c1ccc2c(c1)OCO2. The molecule has 2 amide bonds. The Labute approximate surface area is 148 Å². The normalized spacial score (nSPS) is 14.0. The largest absolute Gasteiger partial charge is 0.454 e. The summed E-state index contributed by atoms with van der Waals surface area (Å²) in [6, 6.07) is 9.35. The Balaban J connectivity index is 1.52. The van der Waals surface area contributed by atoms with Crippen LogP contribution in [0.15, 0.2) is 42.5 Å². The molecule has 0 spiro atoms. The van der Waals surface area contributed by atoms with E-state index >= 15 is 0 Å². The van der Waals surface area contributed by atoms with Crippen molar-refractivity contribution < 1.29 is 27.4 Å². The molecule has 1 heterocycles. The maximum atomic E-state index is 12.5. The standard InChI is InChI=1S/C18H17F3N2O3/c1-11(13-4-7-15-16(8-13)26-10-25-15)23-17(24)22-9-12-2-5-14(6-3-12)18(19,20)21/h2-8,11H,9-10H2,1H3,(H2,22,23,24). The van der Waals surface area contributed by atoms with Gasteiger partial charge in [0, 0.05) is 6.54 Å². The summed E-state index contributed by atoms with van der Waals surface area (Å²) in [5, 5.41) is 5.39. The van der Waals surface area contributed by atoms with Gasteiger partial charge in [0.15, 0.2) is 11.5 Å². The third kappa shape index (κ3) is 4.19. The highest BCUT2D eigenvalue weighted by molar-refractivity contribution is 5.74. The fourth-order valence-electron chi connectivity index (χ4n) is 2.51. The van der Waals surface area contributed by atoms with Gasteiger partial charge in [0.05, 0.1) is 11.6 Å². The highest BCUT2D eigenvalue weighted by Gasteiger charge is 2.29. The summed E-state index contributed by atoms with van der Waals surface area (Å²) < 4.78 is 48.1. The van der Waals surface area contributed by atoms with Crippen LogP contribution in [0.4, 0.5) is 18.0 Å². The Bertz CT molecular complexity index is 791. The zero-order valence-corrected chi connectivity index (χ0v) is 13.9. The smallest absolute Gasteiger partial charge is 0.416 e. The van der Waals surface area contributed by atoms with Crippen LogP contribution in [0, 0.1) is 0 Å². The van der Waals surface area contributed by atoms with Crippen molar-refractivity contribution in [2.24, 2.45) is 0 Å². The fourth-order valence-corrected chi connectivity index (χ4v) is 2.51. The minimum absolute atomic E-state index is 0.123. The van der Waals surface area contributed by atoms with Crippen molar-refractivity contribution in [2.45, 2.75) is 25.7 Å². The van der Waals surface area contributed by atoms with Gasteiger partial charge >= 0.3 is 12.2 Å². The molecule has 0 bridgehead atoms. The topological polar surface area (TPSA) is 59.6 Å². The van der Waals surface area contributed by atoms with Crippen LogP contribution in [0.3, 0.4) is 0 Å². The lowest BCUT2D eigenvalue weighted by molar-refractivity contribution is -0.137. The highest BCUT2D eigenvalue weighted by atomic mass is 19.4. The molecule has 1 unspecified atom stereocenters.